The van der Waals surface area contributed by atoms with Crippen LogP contribution in [0.15, 0.2) is 0 Å². The molecule has 0 rings (SSSR count). The second-order valence-corrected chi connectivity index (χ2v) is 6.90. The fourth-order valence-corrected chi connectivity index (χ4v) is 1.74. The molecule has 0 atom stereocenters. The number of rotatable bonds is 10. The number of hydrogen-bond acceptors (Lipinski definition) is 5. The highest BCUT2D eigenvalue weighted by molar-refractivity contribution is 5.88. The molecule has 0 saturated carbocycles. The Morgan fingerprint density at radius 3 is 1.54 bits per heavy atom. The van der Waals surface area contributed by atoms with Crippen LogP contribution in [0.4, 0.5) is 0 Å². The third-order valence-electron chi connectivity index (χ3n) is 4.03. The summed E-state index contributed by atoms with van der Waals surface area (Å²) in [4.78, 5) is 61.3. The van der Waals surface area contributed by atoms with Crippen LogP contribution in [0.25, 0.3) is 0 Å². The molecule has 0 aromatic rings. The van der Waals surface area contributed by atoms with E-state index in [1.54, 1.807) is 40.0 Å². The van der Waals surface area contributed by atoms with E-state index in [2.05, 4.69) is 0 Å². The molecule has 9 heteroatoms. The van der Waals surface area contributed by atoms with Gasteiger partial charge in [0.1, 0.15) is 0 Å². The van der Waals surface area contributed by atoms with Crippen LogP contribution < -0.4 is 0 Å². The molecule has 28 heavy (non-hydrogen) atoms. The van der Waals surface area contributed by atoms with Crippen molar-refractivity contribution in [3.05, 3.63) is 0 Å². The van der Waals surface area contributed by atoms with Crippen molar-refractivity contribution in [3.63, 3.8) is 0 Å². The fraction of sp³-hybridized carbons (Fsp3) is 0.737. The van der Waals surface area contributed by atoms with Crippen molar-refractivity contribution in [2.75, 3.05) is 54.4 Å². The van der Waals surface area contributed by atoms with Gasteiger partial charge in [-0.15, -0.1) is 0 Å². The summed E-state index contributed by atoms with van der Waals surface area (Å²) in [6, 6.07) is 0. The molecule has 0 aliphatic carbocycles. The zero-order chi connectivity index (χ0) is 22.4. The van der Waals surface area contributed by atoms with Crippen molar-refractivity contribution in [3.8, 4) is 0 Å². The summed E-state index contributed by atoms with van der Waals surface area (Å²) < 4.78 is 0. The standard InChI is InChI=1S/C12H23N3O3.C7H13NO2/c1-6-10(16)14(4)9-12(18)15(5)8-11(17)13(3)7-2;1-6(2)7(10)4-8(3)5-9/h6-9H2,1-5H3;5-6H,4H2,1-3H3. The lowest BCUT2D eigenvalue weighted by atomic mass is 10.1. The summed E-state index contributed by atoms with van der Waals surface area (Å²) in [6.07, 6.45) is 1.02. The van der Waals surface area contributed by atoms with Crippen LogP contribution >= 0.6 is 0 Å². The predicted octanol–water partition coefficient (Wildman–Crippen LogP) is 0.0912. The molecule has 0 N–H and O–H groups in total. The van der Waals surface area contributed by atoms with Gasteiger partial charge in [-0.05, 0) is 6.92 Å². The largest absolute Gasteiger partial charge is 0.345 e. The lowest BCUT2D eigenvalue weighted by Crippen LogP contribution is -2.43. The van der Waals surface area contributed by atoms with E-state index >= 15 is 0 Å². The molecule has 0 aliphatic rings. The van der Waals surface area contributed by atoms with Gasteiger partial charge in [0, 0.05) is 47.1 Å². The smallest absolute Gasteiger partial charge is 0.242 e. The Balaban J connectivity index is 0. The Kier molecular flexibility index (Phi) is 14.5. The van der Waals surface area contributed by atoms with Crippen LogP contribution in [-0.4, -0.2) is 104 Å². The number of likely N-dealkylation sites (N-methyl/N-ethyl adjacent to an activating group) is 4. The molecular weight excluding hydrogens is 364 g/mol. The molecule has 9 nitrogen and oxygen atoms in total. The first kappa shape index (κ1) is 27.8. The Bertz CT molecular complexity index is 536. The number of ketones is 1. The Labute approximate surface area is 168 Å². The summed E-state index contributed by atoms with van der Waals surface area (Å²) in [5.74, 6) is -0.333. The minimum Gasteiger partial charge on any atom is -0.345 e. The number of hydrogen-bond donors (Lipinski definition) is 0. The van der Waals surface area contributed by atoms with Gasteiger partial charge in [-0.2, -0.15) is 0 Å². The maximum Gasteiger partial charge on any atom is 0.242 e. The van der Waals surface area contributed by atoms with Crippen LogP contribution in [0.5, 0.6) is 0 Å². The molecule has 0 aromatic heterocycles. The van der Waals surface area contributed by atoms with Gasteiger partial charge in [-0.1, -0.05) is 20.8 Å². The highest BCUT2D eigenvalue weighted by Gasteiger charge is 2.18. The van der Waals surface area contributed by atoms with Crippen LogP contribution in [0.1, 0.15) is 34.1 Å². The van der Waals surface area contributed by atoms with Crippen LogP contribution in [0.3, 0.4) is 0 Å². The summed E-state index contributed by atoms with van der Waals surface area (Å²) in [6.45, 7) is 8.13. The maximum absolute atomic E-state index is 11.8. The van der Waals surface area contributed by atoms with E-state index in [0.717, 1.165) is 0 Å². The molecule has 0 saturated heterocycles. The van der Waals surface area contributed by atoms with Crippen molar-refractivity contribution >= 4 is 29.9 Å². The number of Topliss-reactive ketones (excluding diaryl/α,β-unsaturated/α-hetero) is 1. The third-order valence-corrected chi connectivity index (χ3v) is 4.03. The summed E-state index contributed by atoms with van der Waals surface area (Å²) in [5, 5.41) is 0. The van der Waals surface area contributed by atoms with E-state index in [9.17, 15) is 24.0 Å². The van der Waals surface area contributed by atoms with Crippen molar-refractivity contribution in [2.24, 2.45) is 5.92 Å². The molecule has 0 spiro atoms. The Hall–Kier alpha value is -2.45. The maximum atomic E-state index is 11.8. The van der Waals surface area contributed by atoms with Crippen molar-refractivity contribution in [2.45, 2.75) is 34.1 Å². The molecule has 0 fully saturated rings. The SMILES string of the molecule is CC(C)C(=O)CN(C)C=O.CCC(=O)N(C)CC(=O)N(C)CC(=O)N(C)CC. The topological polar surface area (TPSA) is 98.3 Å². The van der Waals surface area contributed by atoms with Gasteiger partial charge in [-0.25, -0.2) is 0 Å². The zero-order valence-corrected chi connectivity index (χ0v) is 18.5. The first-order valence-electron chi connectivity index (χ1n) is 9.31. The molecule has 0 aliphatic heterocycles. The van der Waals surface area contributed by atoms with Gasteiger partial charge >= 0.3 is 0 Å². The van der Waals surface area contributed by atoms with E-state index in [0.29, 0.717) is 19.4 Å². The number of carbonyl (C=O) groups is 5. The van der Waals surface area contributed by atoms with Gasteiger partial charge in [0.15, 0.2) is 5.78 Å². The van der Waals surface area contributed by atoms with E-state index in [4.69, 9.17) is 0 Å². The van der Waals surface area contributed by atoms with Gasteiger partial charge in [0.2, 0.25) is 24.1 Å². The highest BCUT2D eigenvalue weighted by Crippen LogP contribution is 1.95. The number of nitrogens with zero attached hydrogens (tertiary/aromatic N) is 4. The first-order chi connectivity index (χ1) is 12.9. The average Bonchev–Trinajstić information content (AvgIpc) is 2.66. The molecule has 4 amide bonds. The van der Waals surface area contributed by atoms with Crippen LogP contribution in [-0.2, 0) is 24.0 Å². The molecule has 0 heterocycles. The first-order valence-corrected chi connectivity index (χ1v) is 9.31. The minimum atomic E-state index is -0.239. The molecule has 0 unspecified atom stereocenters. The highest BCUT2D eigenvalue weighted by atomic mass is 16.2. The van der Waals surface area contributed by atoms with Gasteiger partial charge in [0.25, 0.3) is 0 Å². The Morgan fingerprint density at radius 1 is 0.750 bits per heavy atom. The predicted molar refractivity (Wildman–Crippen MR) is 107 cm³/mol. The Morgan fingerprint density at radius 2 is 1.18 bits per heavy atom. The fourth-order valence-electron chi connectivity index (χ4n) is 1.74. The van der Waals surface area contributed by atoms with Gasteiger partial charge < -0.3 is 19.6 Å². The zero-order valence-electron chi connectivity index (χ0n) is 18.5. The monoisotopic (exact) mass is 400 g/mol. The molecule has 0 radical (unpaired) electrons. The average molecular weight is 401 g/mol. The van der Waals surface area contributed by atoms with E-state index in [1.807, 2.05) is 20.8 Å². The molecular formula is C19H36N4O5. The lowest BCUT2D eigenvalue weighted by Gasteiger charge is -2.23. The second-order valence-electron chi connectivity index (χ2n) is 6.90. The van der Waals surface area contributed by atoms with Crippen molar-refractivity contribution < 1.29 is 24.0 Å². The minimum absolute atomic E-state index is 0.00624. The summed E-state index contributed by atoms with van der Waals surface area (Å²) in [5.41, 5.74) is 0. The molecule has 162 valence electrons. The third kappa shape index (κ3) is 12.0. The van der Waals surface area contributed by atoms with Crippen molar-refractivity contribution in [1.82, 2.24) is 19.6 Å². The van der Waals surface area contributed by atoms with E-state index in [-0.39, 0.29) is 49.1 Å². The quantitative estimate of drug-likeness (QED) is 0.484. The van der Waals surface area contributed by atoms with Gasteiger partial charge in [-0.3, -0.25) is 24.0 Å². The lowest BCUT2D eigenvalue weighted by molar-refractivity contribution is -0.141. The van der Waals surface area contributed by atoms with E-state index < -0.39 is 0 Å². The normalized spacial score (nSPS) is 9.75. The molecule has 0 bridgehead atoms. The summed E-state index contributed by atoms with van der Waals surface area (Å²) in [7, 11) is 6.42. The second kappa shape index (κ2) is 14.6. The van der Waals surface area contributed by atoms with Crippen molar-refractivity contribution in [1.29, 1.82) is 0 Å². The van der Waals surface area contributed by atoms with Gasteiger partial charge in [0.05, 0.1) is 19.6 Å². The number of carbonyl (C=O) groups excluding carboxylic acids is 5. The summed E-state index contributed by atoms with van der Waals surface area (Å²) >= 11 is 0. The van der Waals surface area contributed by atoms with Crippen LogP contribution in [0, 0.1) is 5.92 Å². The molecule has 0 aromatic carbocycles. The van der Waals surface area contributed by atoms with E-state index in [1.165, 1.54) is 14.7 Å². The van der Waals surface area contributed by atoms with Crippen LogP contribution in [0.2, 0.25) is 0 Å². The number of amides is 4.